The van der Waals surface area contributed by atoms with Gasteiger partial charge < -0.3 is 14.5 Å². The van der Waals surface area contributed by atoms with Crippen LogP contribution >= 0.6 is 15.9 Å². The maximum absolute atomic E-state index is 12.3. The van der Waals surface area contributed by atoms with Gasteiger partial charge in [0.15, 0.2) is 5.76 Å². The number of hydrogen-bond donors (Lipinski definition) is 1. The summed E-state index contributed by atoms with van der Waals surface area (Å²) < 4.78 is 12.4. The summed E-state index contributed by atoms with van der Waals surface area (Å²) >= 11 is 3.35. The topological polar surface area (TPSA) is 86.4 Å². The molecule has 2 heterocycles. The highest BCUT2D eigenvalue weighted by Crippen LogP contribution is 2.22. The molecule has 1 N–H and O–H groups in total. The average Bonchev–Trinajstić information content (AvgIpc) is 3.18. The number of methoxy groups -OCH3 is 1. The van der Waals surface area contributed by atoms with Crippen LogP contribution in [0.4, 0.5) is 0 Å². The van der Waals surface area contributed by atoms with Gasteiger partial charge in [0.05, 0.1) is 25.5 Å². The lowest BCUT2D eigenvalue weighted by Gasteiger charge is -2.10. The Hall–Kier alpha value is -2.87. The van der Waals surface area contributed by atoms with Crippen LogP contribution in [-0.2, 0) is 6.54 Å². The van der Waals surface area contributed by atoms with Crippen molar-refractivity contribution in [2.24, 2.45) is 0 Å². The lowest BCUT2D eigenvalue weighted by Crippen LogP contribution is -2.32. The van der Waals surface area contributed by atoms with Crippen molar-refractivity contribution in [1.29, 1.82) is 0 Å². The van der Waals surface area contributed by atoms with Crippen LogP contribution in [0.25, 0.3) is 11.5 Å². The molecule has 0 aliphatic heterocycles. The van der Waals surface area contributed by atoms with Crippen molar-refractivity contribution in [3.05, 3.63) is 69.1 Å². The summed E-state index contributed by atoms with van der Waals surface area (Å²) in [5, 5.41) is 7.03. The van der Waals surface area contributed by atoms with Crippen molar-refractivity contribution in [3.63, 3.8) is 0 Å². The highest BCUT2D eigenvalue weighted by Gasteiger charge is 2.11. The second-order valence-corrected chi connectivity index (χ2v) is 6.21. The molecule has 2 aromatic heterocycles. The molecule has 1 amide bonds. The van der Waals surface area contributed by atoms with Gasteiger partial charge in [-0.15, -0.1) is 0 Å². The van der Waals surface area contributed by atoms with E-state index in [1.54, 1.807) is 42.7 Å². The van der Waals surface area contributed by atoms with Crippen LogP contribution in [0, 0.1) is 0 Å². The van der Waals surface area contributed by atoms with Crippen LogP contribution in [0.1, 0.15) is 10.4 Å². The maximum atomic E-state index is 12.3. The predicted octanol–water partition coefficient (Wildman–Crippen LogP) is 2.70. The number of nitrogens with zero attached hydrogens (tertiary/aromatic N) is 2. The fourth-order valence-electron chi connectivity index (χ4n) is 2.34. The number of rotatable bonds is 6. The van der Waals surface area contributed by atoms with Gasteiger partial charge in [0, 0.05) is 17.1 Å². The second-order valence-electron chi connectivity index (χ2n) is 5.36. The van der Waals surface area contributed by atoms with E-state index >= 15 is 0 Å². The maximum Gasteiger partial charge on any atom is 0.266 e. The van der Waals surface area contributed by atoms with Gasteiger partial charge in [-0.1, -0.05) is 0 Å². The molecule has 0 unspecified atom stereocenters. The number of amides is 1. The van der Waals surface area contributed by atoms with Crippen molar-refractivity contribution in [1.82, 2.24) is 15.1 Å². The molecule has 3 aromatic rings. The zero-order valence-electron chi connectivity index (χ0n) is 13.9. The van der Waals surface area contributed by atoms with Crippen molar-refractivity contribution >= 4 is 21.8 Å². The fraction of sp³-hybridized carbons (Fsp3) is 0.167. The number of benzene rings is 1. The van der Waals surface area contributed by atoms with E-state index in [0.717, 1.165) is 0 Å². The molecule has 3 rings (SSSR count). The predicted molar refractivity (Wildman–Crippen MR) is 99.2 cm³/mol. The highest BCUT2D eigenvalue weighted by atomic mass is 79.9. The summed E-state index contributed by atoms with van der Waals surface area (Å²) in [4.78, 5) is 24.3. The summed E-state index contributed by atoms with van der Waals surface area (Å²) in [7, 11) is 1.54. The molecule has 0 fully saturated rings. The third-order valence-electron chi connectivity index (χ3n) is 3.67. The smallest absolute Gasteiger partial charge is 0.266 e. The van der Waals surface area contributed by atoms with Gasteiger partial charge in [0.1, 0.15) is 11.4 Å². The van der Waals surface area contributed by atoms with Gasteiger partial charge in [-0.05, 0) is 52.3 Å². The second kappa shape index (κ2) is 8.01. The molecule has 134 valence electrons. The number of aromatic nitrogens is 2. The number of carbonyl (C=O) groups excluding carboxylic acids is 1. The Kier molecular flexibility index (Phi) is 5.52. The van der Waals surface area contributed by atoms with E-state index < -0.39 is 0 Å². The summed E-state index contributed by atoms with van der Waals surface area (Å²) in [6.07, 6.45) is 1.54. The molecule has 8 heteroatoms. The van der Waals surface area contributed by atoms with E-state index in [2.05, 4.69) is 26.3 Å². The van der Waals surface area contributed by atoms with Crippen molar-refractivity contribution < 1.29 is 13.9 Å². The number of halogens is 1. The number of ether oxygens (including phenoxy) is 1. The standard InChI is InChI=1S/C18H16BrN3O4/c1-25-12-4-5-14(19)13(11-12)18(24)20-8-9-22-17(23)7-6-15(21-22)16-3-2-10-26-16/h2-7,10-11H,8-9H2,1H3,(H,20,24). The first-order valence-corrected chi connectivity index (χ1v) is 8.61. The zero-order chi connectivity index (χ0) is 18.5. The quantitative estimate of drug-likeness (QED) is 0.666. The molecule has 0 aliphatic carbocycles. The Morgan fingerprint density at radius 3 is 2.88 bits per heavy atom. The Bertz CT molecular complexity index is 967. The van der Waals surface area contributed by atoms with Gasteiger partial charge in [-0.2, -0.15) is 5.10 Å². The normalized spacial score (nSPS) is 10.5. The summed E-state index contributed by atoms with van der Waals surface area (Å²) in [6.45, 7) is 0.484. The van der Waals surface area contributed by atoms with Gasteiger partial charge in [-0.25, -0.2) is 4.68 Å². The lowest BCUT2D eigenvalue weighted by molar-refractivity contribution is 0.0950. The molecule has 0 radical (unpaired) electrons. The minimum Gasteiger partial charge on any atom is -0.497 e. The molecule has 0 saturated heterocycles. The molecular weight excluding hydrogens is 402 g/mol. The Morgan fingerprint density at radius 1 is 1.31 bits per heavy atom. The van der Waals surface area contributed by atoms with E-state index in [0.29, 0.717) is 27.2 Å². The van der Waals surface area contributed by atoms with E-state index in [-0.39, 0.29) is 24.6 Å². The Morgan fingerprint density at radius 2 is 2.15 bits per heavy atom. The van der Waals surface area contributed by atoms with Crippen LogP contribution in [0.2, 0.25) is 0 Å². The van der Waals surface area contributed by atoms with Crippen LogP contribution in [-0.4, -0.2) is 29.3 Å². The van der Waals surface area contributed by atoms with E-state index in [9.17, 15) is 9.59 Å². The van der Waals surface area contributed by atoms with Crippen LogP contribution < -0.4 is 15.6 Å². The summed E-state index contributed by atoms with van der Waals surface area (Å²) in [6, 6.07) is 11.7. The molecule has 0 saturated carbocycles. The third-order valence-corrected chi connectivity index (χ3v) is 4.36. The summed E-state index contributed by atoms with van der Waals surface area (Å²) in [5.41, 5.74) is 0.752. The van der Waals surface area contributed by atoms with Crippen molar-refractivity contribution in [2.45, 2.75) is 6.54 Å². The SMILES string of the molecule is COc1ccc(Br)c(C(=O)NCCn2nc(-c3ccco3)ccc2=O)c1. The van der Waals surface area contributed by atoms with Crippen molar-refractivity contribution in [2.75, 3.05) is 13.7 Å². The van der Waals surface area contributed by atoms with E-state index in [4.69, 9.17) is 9.15 Å². The first kappa shape index (κ1) is 17.9. The zero-order valence-corrected chi connectivity index (χ0v) is 15.5. The monoisotopic (exact) mass is 417 g/mol. The minimum absolute atomic E-state index is 0.237. The minimum atomic E-state index is -0.272. The van der Waals surface area contributed by atoms with E-state index in [1.165, 1.54) is 17.9 Å². The van der Waals surface area contributed by atoms with Crippen molar-refractivity contribution in [3.8, 4) is 17.2 Å². The summed E-state index contributed by atoms with van der Waals surface area (Å²) in [5.74, 6) is 0.886. The number of nitrogens with one attached hydrogen (secondary N) is 1. The number of hydrogen-bond acceptors (Lipinski definition) is 5. The van der Waals surface area contributed by atoms with Gasteiger partial charge in [0.25, 0.3) is 11.5 Å². The molecular formula is C18H16BrN3O4. The molecule has 1 aromatic carbocycles. The molecule has 0 spiro atoms. The van der Waals surface area contributed by atoms with Gasteiger partial charge in [0.2, 0.25) is 0 Å². The Balaban J connectivity index is 1.67. The Labute approximate surface area is 157 Å². The molecule has 0 atom stereocenters. The molecule has 7 nitrogen and oxygen atoms in total. The fourth-order valence-corrected chi connectivity index (χ4v) is 2.77. The first-order valence-electron chi connectivity index (χ1n) is 7.82. The molecule has 0 aliphatic rings. The lowest BCUT2D eigenvalue weighted by atomic mass is 10.2. The van der Waals surface area contributed by atoms with Gasteiger partial charge >= 0.3 is 0 Å². The number of furan rings is 1. The first-order chi connectivity index (χ1) is 12.6. The molecule has 26 heavy (non-hydrogen) atoms. The average molecular weight is 418 g/mol. The van der Waals surface area contributed by atoms with Crippen LogP contribution in [0.3, 0.4) is 0 Å². The van der Waals surface area contributed by atoms with Gasteiger partial charge in [-0.3, -0.25) is 9.59 Å². The third kappa shape index (κ3) is 4.02. The highest BCUT2D eigenvalue weighted by molar-refractivity contribution is 9.10. The molecule has 0 bridgehead atoms. The van der Waals surface area contributed by atoms with Crippen LogP contribution in [0.5, 0.6) is 5.75 Å². The largest absolute Gasteiger partial charge is 0.497 e. The number of carbonyl (C=O) groups is 1. The van der Waals surface area contributed by atoms with E-state index in [1.807, 2.05) is 0 Å². The van der Waals surface area contributed by atoms with Crippen LogP contribution in [0.15, 0.2) is 62.4 Å².